The number of nitrogens with one attached hydrogen (secondary N) is 3. The van der Waals surface area contributed by atoms with Crippen LogP contribution in [0.4, 0.5) is 21.6 Å². The van der Waals surface area contributed by atoms with Crippen molar-refractivity contribution in [2.24, 2.45) is 0 Å². The molecule has 1 saturated heterocycles. The molecule has 1 atom stereocenters. The van der Waals surface area contributed by atoms with E-state index in [2.05, 4.69) is 60.7 Å². The standard InChI is InChI=1S/C35H38FN7O2/c1-44-14-3-11-42-13-15-45-31(22-42)23-43-12-10-27(21-43)26-6-8-34-32(18-26)35(40-24-39-34)41-30-7-9-33(28(17-30)19-37)38-20-25-4-2-5-29(36)16-25/h2,4-10,12,16-19,21,24,31,37-38H,3,11,13-15,20,22-23H2,1H3,(H,39,40,41). The van der Waals surface area contributed by atoms with Crippen molar-refractivity contribution in [1.29, 1.82) is 5.41 Å². The van der Waals surface area contributed by atoms with Crippen LogP contribution in [-0.4, -0.2) is 71.7 Å². The fourth-order valence-corrected chi connectivity index (χ4v) is 5.72. The Balaban J connectivity index is 1.15. The van der Waals surface area contributed by atoms with Crippen molar-refractivity contribution in [3.63, 3.8) is 0 Å². The molecule has 10 heteroatoms. The number of halogens is 1. The van der Waals surface area contributed by atoms with Crippen molar-refractivity contribution in [3.8, 4) is 11.1 Å². The van der Waals surface area contributed by atoms with Crippen LogP contribution in [0.2, 0.25) is 0 Å². The zero-order chi connectivity index (χ0) is 31.0. The van der Waals surface area contributed by atoms with Gasteiger partial charge in [-0.1, -0.05) is 18.2 Å². The lowest BCUT2D eigenvalue weighted by molar-refractivity contribution is -0.0374. The Morgan fingerprint density at radius 1 is 1.09 bits per heavy atom. The summed E-state index contributed by atoms with van der Waals surface area (Å²) < 4.78 is 27.1. The highest BCUT2D eigenvalue weighted by atomic mass is 19.1. The largest absolute Gasteiger partial charge is 0.385 e. The smallest absolute Gasteiger partial charge is 0.141 e. The molecular formula is C35H38FN7O2. The van der Waals surface area contributed by atoms with E-state index >= 15 is 0 Å². The lowest BCUT2D eigenvalue weighted by atomic mass is 10.1. The first-order valence-corrected chi connectivity index (χ1v) is 15.2. The number of hydrogen-bond acceptors (Lipinski definition) is 8. The van der Waals surface area contributed by atoms with Gasteiger partial charge in [-0.3, -0.25) is 4.90 Å². The van der Waals surface area contributed by atoms with Crippen molar-refractivity contribution in [1.82, 2.24) is 19.4 Å². The molecule has 6 rings (SSSR count). The minimum atomic E-state index is -0.269. The third-order valence-electron chi connectivity index (χ3n) is 8.02. The summed E-state index contributed by atoms with van der Waals surface area (Å²) in [6.45, 7) is 5.70. The van der Waals surface area contributed by atoms with Crippen LogP contribution in [0.3, 0.4) is 0 Å². The molecular weight excluding hydrogens is 569 g/mol. The summed E-state index contributed by atoms with van der Waals surface area (Å²) in [4.78, 5) is 11.5. The number of fused-ring (bicyclic) bond motifs is 1. The summed E-state index contributed by atoms with van der Waals surface area (Å²) in [5.41, 5.74) is 6.13. The van der Waals surface area contributed by atoms with Crippen LogP contribution < -0.4 is 10.6 Å². The summed E-state index contributed by atoms with van der Waals surface area (Å²) in [7, 11) is 1.75. The van der Waals surface area contributed by atoms with E-state index in [9.17, 15) is 4.39 Å². The lowest BCUT2D eigenvalue weighted by Crippen LogP contribution is -2.44. The molecule has 1 unspecified atom stereocenters. The van der Waals surface area contributed by atoms with Gasteiger partial charge in [0.05, 0.1) is 18.2 Å². The zero-order valence-electron chi connectivity index (χ0n) is 25.4. The maximum absolute atomic E-state index is 13.6. The number of morpholine rings is 1. The zero-order valence-corrected chi connectivity index (χ0v) is 25.4. The number of ether oxygens (including phenoxy) is 2. The highest BCUT2D eigenvalue weighted by Gasteiger charge is 2.20. The summed E-state index contributed by atoms with van der Waals surface area (Å²) in [5.74, 6) is 0.413. The van der Waals surface area contributed by atoms with E-state index in [1.807, 2.05) is 30.3 Å². The maximum atomic E-state index is 13.6. The van der Waals surface area contributed by atoms with E-state index in [1.165, 1.54) is 18.3 Å². The molecule has 3 heterocycles. The molecule has 5 aromatic rings. The summed E-state index contributed by atoms with van der Waals surface area (Å²) >= 11 is 0. The first-order chi connectivity index (χ1) is 22.1. The number of anilines is 3. The molecule has 3 aromatic carbocycles. The average molecular weight is 608 g/mol. The van der Waals surface area contributed by atoms with Gasteiger partial charge in [0.15, 0.2) is 0 Å². The molecule has 232 valence electrons. The normalized spacial score (nSPS) is 15.3. The van der Waals surface area contributed by atoms with Crippen LogP contribution in [0.5, 0.6) is 0 Å². The van der Waals surface area contributed by atoms with Gasteiger partial charge in [0, 0.05) is 87.4 Å². The van der Waals surface area contributed by atoms with Gasteiger partial charge in [-0.05, 0) is 71.6 Å². The Labute approximate surface area is 262 Å². The minimum absolute atomic E-state index is 0.149. The third kappa shape index (κ3) is 7.72. The van der Waals surface area contributed by atoms with Crippen molar-refractivity contribution in [3.05, 3.63) is 102 Å². The fraction of sp³-hybridized carbons (Fsp3) is 0.286. The predicted octanol–water partition coefficient (Wildman–Crippen LogP) is 6.33. The molecule has 0 saturated carbocycles. The van der Waals surface area contributed by atoms with Gasteiger partial charge in [0.25, 0.3) is 0 Å². The van der Waals surface area contributed by atoms with Crippen molar-refractivity contribution < 1.29 is 13.9 Å². The monoisotopic (exact) mass is 607 g/mol. The van der Waals surface area contributed by atoms with Crippen molar-refractivity contribution >= 4 is 34.3 Å². The number of rotatable bonds is 13. The topological polar surface area (TPSA) is 100 Å². The maximum Gasteiger partial charge on any atom is 0.141 e. The summed E-state index contributed by atoms with van der Waals surface area (Å²) in [6.07, 6.45) is 8.31. The number of methoxy groups -OCH3 is 1. The second-order valence-corrected chi connectivity index (χ2v) is 11.2. The average Bonchev–Trinajstić information content (AvgIpc) is 3.53. The number of nitrogens with zero attached hydrogens (tertiary/aromatic N) is 4. The van der Waals surface area contributed by atoms with Gasteiger partial charge in [-0.25, -0.2) is 14.4 Å². The molecule has 3 N–H and O–H groups in total. The van der Waals surface area contributed by atoms with Gasteiger partial charge in [-0.2, -0.15) is 0 Å². The molecule has 1 aliphatic heterocycles. The Hall–Kier alpha value is -4.64. The molecule has 2 aromatic heterocycles. The molecule has 0 spiro atoms. The molecule has 0 bridgehead atoms. The van der Waals surface area contributed by atoms with Gasteiger partial charge >= 0.3 is 0 Å². The Morgan fingerprint density at radius 3 is 2.89 bits per heavy atom. The van der Waals surface area contributed by atoms with Gasteiger partial charge in [-0.15, -0.1) is 0 Å². The van der Waals surface area contributed by atoms with E-state index in [0.29, 0.717) is 17.9 Å². The summed E-state index contributed by atoms with van der Waals surface area (Å²) in [6, 6.07) is 20.6. The number of hydrogen-bond donors (Lipinski definition) is 3. The Kier molecular flexibility index (Phi) is 9.74. The third-order valence-corrected chi connectivity index (χ3v) is 8.02. The van der Waals surface area contributed by atoms with Gasteiger partial charge < -0.3 is 30.1 Å². The number of aromatic nitrogens is 3. The second-order valence-electron chi connectivity index (χ2n) is 11.2. The Morgan fingerprint density at radius 2 is 2.02 bits per heavy atom. The first-order valence-electron chi connectivity index (χ1n) is 15.2. The van der Waals surface area contributed by atoms with Crippen LogP contribution in [-0.2, 0) is 22.6 Å². The van der Waals surface area contributed by atoms with Crippen LogP contribution in [0.1, 0.15) is 17.5 Å². The van der Waals surface area contributed by atoms with E-state index in [4.69, 9.17) is 14.9 Å². The van der Waals surface area contributed by atoms with Crippen LogP contribution in [0, 0.1) is 11.2 Å². The van der Waals surface area contributed by atoms with E-state index < -0.39 is 0 Å². The molecule has 1 aliphatic rings. The molecule has 1 fully saturated rings. The molecule has 9 nitrogen and oxygen atoms in total. The van der Waals surface area contributed by atoms with Crippen molar-refractivity contribution in [2.75, 3.05) is 50.6 Å². The van der Waals surface area contributed by atoms with E-state index in [-0.39, 0.29) is 11.9 Å². The molecule has 0 radical (unpaired) electrons. The SMILES string of the molecule is COCCCN1CCOC(Cn2ccc(-c3ccc4ncnc(Nc5ccc(NCc6cccc(F)c6)c(C=N)c5)c4c3)c2)C1. The van der Waals surface area contributed by atoms with E-state index in [0.717, 1.165) is 84.8 Å². The predicted molar refractivity (Wildman–Crippen MR) is 177 cm³/mol. The fourth-order valence-electron chi connectivity index (χ4n) is 5.72. The highest BCUT2D eigenvalue weighted by Crippen LogP contribution is 2.30. The van der Waals surface area contributed by atoms with Crippen LogP contribution >= 0.6 is 0 Å². The minimum Gasteiger partial charge on any atom is -0.385 e. The molecule has 0 aliphatic carbocycles. The van der Waals surface area contributed by atoms with E-state index in [1.54, 1.807) is 19.5 Å². The summed E-state index contributed by atoms with van der Waals surface area (Å²) in [5, 5.41) is 15.6. The van der Waals surface area contributed by atoms with Crippen molar-refractivity contribution in [2.45, 2.75) is 25.6 Å². The second kappa shape index (κ2) is 14.4. The van der Waals surface area contributed by atoms with Gasteiger partial charge in [0.1, 0.15) is 18.0 Å². The lowest BCUT2D eigenvalue weighted by Gasteiger charge is -2.33. The van der Waals surface area contributed by atoms with Crippen LogP contribution in [0.15, 0.2) is 85.5 Å². The number of benzene rings is 3. The van der Waals surface area contributed by atoms with Gasteiger partial charge in [0.2, 0.25) is 0 Å². The quantitative estimate of drug-likeness (QED) is 0.106. The Bertz CT molecular complexity index is 1760. The molecule has 0 amide bonds. The van der Waals surface area contributed by atoms with Crippen LogP contribution in [0.25, 0.3) is 22.0 Å². The first kappa shape index (κ1) is 30.4. The molecule has 45 heavy (non-hydrogen) atoms. The highest BCUT2D eigenvalue weighted by molar-refractivity contribution is 5.94.